The van der Waals surface area contributed by atoms with Gasteiger partial charge in [0.25, 0.3) is 0 Å². The Hall–Kier alpha value is 1.05. The van der Waals surface area contributed by atoms with Gasteiger partial charge in [-0.1, -0.05) is 67.2 Å². The number of aliphatic hydroxyl groups is 13. The number of hydrogen-bond donors (Lipinski definition) is 13. The topological polar surface area (TPSA) is 503 Å². The number of fused-ring (bicyclic) bond motifs is 3. The molecule has 0 aliphatic carbocycles. The van der Waals surface area contributed by atoms with Crippen LogP contribution in [-0.4, -0.2) is 315 Å². The van der Waals surface area contributed by atoms with Crippen molar-refractivity contribution < 1.29 is 222 Å². The zero-order chi connectivity index (χ0) is 77.8. The third-order valence-electron chi connectivity index (χ3n) is 17.5. The summed E-state index contributed by atoms with van der Waals surface area (Å²) in [5, 5.41) is 121. The number of rotatable bonds is 16. The molecule has 0 radical (unpaired) electrons. The molecule has 9 heterocycles. The summed E-state index contributed by atoms with van der Waals surface area (Å²) in [5.41, 5.74) is 0. The van der Waals surface area contributed by atoms with Crippen molar-refractivity contribution in [1.82, 2.24) is 0 Å². The second-order valence-electron chi connectivity index (χ2n) is 29.9. The molecule has 9 fully saturated rings. The summed E-state index contributed by atoms with van der Waals surface area (Å²) < 4.78 is 123. The maximum Gasteiger partial charge on any atom is 2.00 e. The SMILES string of the molecule is C.C=CC(O)C1OC(C)(C)O[C@H]1[C@H](O)CO.C=CC(O)C1OC(C)(C)O[C@H]1[C@H](O)CO[Si](C)(C)C(C)(C)C.C=C[C@@H]1OC(O)[C@@H]2OC(C)(C)OC21.CC1(C)OC2[C@H](O)O[C@H](CO)[C@@H]2O1.CC1(C)OC2[C@H](O)O[C@H](CO[Si](C)(C)C(C)(C)C)[C@@H]2O1.OC[C@H]1O[C@@H](O)C(O)[C@H]1O.[Br-].[CH-]=C.[Mg+2].[Na+].[O-][I+3]([O-])([O-])[O-]. The van der Waals surface area contributed by atoms with Crippen molar-refractivity contribution in [2.75, 3.05) is 33.0 Å². The van der Waals surface area contributed by atoms with Crippen LogP contribution in [0.1, 0.15) is 118 Å². The zero-order valence-electron chi connectivity index (χ0n) is 63.5. The van der Waals surface area contributed by atoms with E-state index in [0.717, 1.165) is 0 Å². The molecular formula is C65H123BrIMgNaO33Si2. The maximum atomic E-state index is 10.5. The maximum absolute atomic E-state index is 10.5. The van der Waals surface area contributed by atoms with Crippen molar-refractivity contribution in [2.45, 2.75) is 331 Å². The van der Waals surface area contributed by atoms with Crippen molar-refractivity contribution in [3.63, 3.8) is 0 Å². The minimum atomic E-state index is -5.94. The van der Waals surface area contributed by atoms with E-state index < -0.39 is 196 Å². The Balaban J connectivity index is -0.00000116. The molecule has 9 aliphatic heterocycles. The van der Waals surface area contributed by atoms with Gasteiger partial charge in [0.2, 0.25) is 0 Å². The van der Waals surface area contributed by atoms with Gasteiger partial charge in [-0.25, -0.2) is 0 Å². The summed E-state index contributed by atoms with van der Waals surface area (Å²) in [7, 11) is -3.78. The molecule has 0 aromatic carbocycles. The van der Waals surface area contributed by atoms with Crippen LogP contribution >= 0.6 is 0 Å². The summed E-state index contributed by atoms with van der Waals surface area (Å²) in [6.45, 7) is 56.7. The summed E-state index contributed by atoms with van der Waals surface area (Å²) in [4.78, 5) is 0. The van der Waals surface area contributed by atoms with Crippen LogP contribution in [-0.2, 0) is 75.2 Å². The van der Waals surface area contributed by atoms with Crippen LogP contribution in [0.25, 0.3) is 0 Å². The Labute approximate surface area is 671 Å². The van der Waals surface area contributed by atoms with E-state index >= 15 is 0 Å². The predicted octanol–water partition coefficient (Wildman–Crippen LogP) is -11.8. The molecule has 0 amide bonds. The van der Waals surface area contributed by atoms with Crippen LogP contribution in [0, 0.1) is 6.58 Å². The smallest absolute Gasteiger partial charge is 1.00 e. The Morgan fingerprint density at radius 1 is 0.471 bits per heavy atom. The minimum Gasteiger partial charge on any atom is -1.00 e. The van der Waals surface area contributed by atoms with E-state index in [1.807, 2.05) is 27.7 Å². The first-order valence-electron chi connectivity index (χ1n) is 32.6. The summed E-state index contributed by atoms with van der Waals surface area (Å²) in [6, 6.07) is 0. The van der Waals surface area contributed by atoms with Gasteiger partial charge in [-0.2, -0.15) is 0 Å². The largest absolute Gasteiger partial charge is 2.00 e. The second kappa shape index (κ2) is 44.8. The predicted molar refractivity (Wildman–Crippen MR) is 359 cm³/mol. The monoisotopic (exact) mass is 1740 g/mol. The zero-order valence-corrected chi connectivity index (χ0v) is 72.6. The van der Waals surface area contributed by atoms with Crippen molar-refractivity contribution in [3.05, 3.63) is 51.1 Å². The second-order valence-corrected chi connectivity index (χ2v) is 41.7. The molecule has 0 bridgehead atoms. The molecule has 0 aromatic rings. The summed E-state index contributed by atoms with van der Waals surface area (Å²) in [5.74, 6) is -3.74. The number of hydrogen-bond acceptors (Lipinski definition) is 33. The van der Waals surface area contributed by atoms with Crippen LogP contribution in [0.5, 0.6) is 0 Å². The minimum absolute atomic E-state index is 0. The molecule has 104 heavy (non-hydrogen) atoms. The van der Waals surface area contributed by atoms with Gasteiger partial charge in [-0.3, -0.25) is 20.3 Å². The Bertz CT molecular complexity index is 2460. The van der Waals surface area contributed by atoms with E-state index in [1.165, 1.54) is 12.2 Å². The van der Waals surface area contributed by atoms with Gasteiger partial charge in [-0.15, -0.1) is 19.7 Å². The quantitative estimate of drug-likeness (QED) is 0.0295. The van der Waals surface area contributed by atoms with Gasteiger partial charge in [0.05, 0.1) is 33.0 Å². The molecular weight excluding hydrogens is 1620 g/mol. The van der Waals surface area contributed by atoms with Gasteiger partial charge in [0.1, 0.15) is 142 Å². The first-order chi connectivity index (χ1) is 45.4. The normalized spacial score (nSPS) is 35.2. The molecule has 39 heteroatoms. The number of halogens is 2. The standard InChI is InChI=1S/C16H32O5Si.C14H28O5Si.C10H18O5.C9H14O4.C8H14O5.C5H10O5.C2H3.CH4.BrH.IO4.Mg.Na/c1-9-11(17)13-14(21-16(5,6)20-13)12(18)10-19-22(7,8)15(2,3)4;1-13(2,3)20(6,7)16-8-9-10-11(12(15)17-9)19-14(4,5)18-10;1-4-6(12)8-9(7(13)5-11)15-10(2,3)14-8;1-4-5-6-7(8(10)11-5)13-9(2,3)12-6;1-8(2)12-5-4(3-9)11-7(10)6(5)13-8;6-1-2-3(7)4(8)5(9)10-2;1-2;;;2-1(3,4)5;;/h9,11-14,17-18H,1,10H2,2-8H3;9-12,15H,8H2,1-7H3;4,6-9,11-13H,1,5H2,2-3H3;4-8,10H,1H2,2-3H3;4-7,9-10H,3H2,1-2H3;2-9H,1H2;1H,2H2;1H4;1H;;;/q;;;;;;-1;;;-1;+2;+1/p-1/t11?,12-,13?,14+;9-,10+,11?,12-;6?,7-,8?,9+;5-,6?,7+,8?;4-,5+,6?,7-;2-,3+,4?,5-;;;;;;/m111011....../s1. The van der Waals surface area contributed by atoms with E-state index in [4.69, 9.17) is 115 Å². The number of aliphatic hydroxyl groups excluding tert-OH is 13. The van der Waals surface area contributed by atoms with Gasteiger partial charge in [0.15, 0.2) is 70.7 Å². The van der Waals surface area contributed by atoms with Crippen molar-refractivity contribution in [2.24, 2.45) is 0 Å². The molecule has 606 valence electrons. The molecule has 9 aliphatic rings. The fourth-order valence-electron chi connectivity index (χ4n) is 10.5. The van der Waals surface area contributed by atoms with E-state index in [9.17, 15) is 35.7 Å². The van der Waals surface area contributed by atoms with Crippen LogP contribution < -0.4 is 80.4 Å². The molecule has 9 saturated heterocycles. The van der Waals surface area contributed by atoms with E-state index in [1.54, 1.807) is 47.6 Å². The van der Waals surface area contributed by atoms with E-state index in [-0.39, 0.29) is 131 Å². The first-order valence-corrected chi connectivity index (χ1v) is 41.9. The van der Waals surface area contributed by atoms with E-state index in [0.29, 0.717) is 6.61 Å². The fraction of sp³-hybridized carbons (Fsp3) is 0.877. The summed E-state index contributed by atoms with van der Waals surface area (Å²) in [6.07, 6.45) is -13.0. The summed E-state index contributed by atoms with van der Waals surface area (Å²) >= 11 is -5.94. The first kappa shape index (κ1) is 109. The Morgan fingerprint density at radius 3 is 1.10 bits per heavy atom. The Morgan fingerprint density at radius 2 is 0.769 bits per heavy atom. The van der Waals surface area contributed by atoms with Crippen molar-refractivity contribution >= 4 is 39.7 Å². The molecule has 0 aromatic heterocycles. The molecule has 0 spiro atoms. The molecule has 9 rings (SSSR count). The van der Waals surface area contributed by atoms with Gasteiger partial charge in [-0.05, 0) is 106 Å². The van der Waals surface area contributed by atoms with Crippen molar-refractivity contribution in [3.8, 4) is 0 Å². The molecule has 33 nitrogen and oxygen atoms in total. The molecule has 13 N–H and O–H groups in total. The van der Waals surface area contributed by atoms with Gasteiger partial charge in [0, 0.05) is 0 Å². The molecule has 9 unspecified atom stereocenters. The van der Waals surface area contributed by atoms with Crippen LogP contribution in [0.4, 0.5) is 0 Å². The third kappa shape index (κ3) is 32.7. The van der Waals surface area contributed by atoms with Crippen molar-refractivity contribution in [1.29, 1.82) is 0 Å². The van der Waals surface area contributed by atoms with Crippen LogP contribution in [0.2, 0.25) is 36.3 Å². The Kier molecular flexibility index (Phi) is 47.0. The van der Waals surface area contributed by atoms with Crippen LogP contribution in [0.15, 0.2) is 44.5 Å². The number of ether oxygens (including phenoxy) is 14. The fourth-order valence-corrected chi connectivity index (χ4v) is 12.6. The average molecular weight is 1740 g/mol. The molecule has 24 atom stereocenters. The van der Waals surface area contributed by atoms with Crippen LogP contribution in [0.3, 0.4) is 0 Å². The average Bonchev–Trinajstić information content (AvgIpc) is 1.62. The van der Waals surface area contributed by atoms with E-state index in [2.05, 4.69) is 105 Å². The van der Waals surface area contributed by atoms with Gasteiger partial charge < -0.3 is 165 Å². The third-order valence-corrected chi connectivity index (χ3v) is 26.5. The van der Waals surface area contributed by atoms with Gasteiger partial charge >= 0.3 is 52.6 Å². The molecule has 0 saturated carbocycles.